The highest BCUT2D eigenvalue weighted by Crippen LogP contribution is 2.46. The van der Waals surface area contributed by atoms with Crippen molar-refractivity contribution in [2.75, 3.05) is 6.61 Å². The zero-order valence-electron chi connectivity index (χ0n) is 11.4. The van der Waals surface area contributed by atoms with Crippen molar-refractivity contribution < 1.29 is 19.3 Å². The molecule has 0 aromatic heterocycles. The standard InChI is InChI=1S/C16H20O4/c17-15-12-7-14-13(20-14)6-11(12)9-19-16(15)18-8-10-4-2-1-3-5-10/h1-5,11-17H,6-9H2/t11-,12-,13+,14-,15-,16-/m1/s1. The Morgan fingerprint density at radius 2 is 1.95 bits per heavy atom. The molecule has 0 spiro atoms. The van der Waals surface area contributed by atoms with Crippen LogP contribution in [0.1, 0.15) is 18.4 Å². The zero-order valence-corrected chi connectivity index (χ0v) is 11.4. The van der Waals surface area contributed by atoms with Gasteiger partial charge in [-0.1, -0.05) is 30.3 Å². The van der Waals surface area contributed by atoms with E-state index >= 15 is 0 Å². The fourth-order valence-corrected chi connectivity index (χ4v) is 3.56. The van der Waals surface area contributed by atoms with Crippen LogP contribution in [0.2, 0.25) is 0 Å². The summed E-state index contributed by atoms with van der Waals surface area (Å²) in [5.74, 6) is 0.679. The molecular weight excluding hydrogens is 256 g/mol. The second-order valence-electron chi connectivity index (χ2n) is 6.10. The number of hydrogen-bond donors (Lipinski definition) is 1. The quantitative estimate of drug-likeness (QED) is 0.854. The highest BCUT2D eigenvalue weighted by Gasteiger charge is 2.53. The minimum absolute atomic E-state index is 0.258. The van der Waals surface area contributed by atoms with Crippen molar-refractivity contribution in [1.29, 1.82) is 0 Å². The Labute approximate surface area is 118 Å². The van der Waals surface area contributed by atoms with Gasteiger partial charge in [0.25, 0.3) is 0 Å². The molecule has 20 heavy (non-hydrogen) atoms. The summed E-state index contributed by atoms with van der Waals surface area (Å²) in [6.07, 6.45) is 1.73. The third-order valence-electron chi connectivity index (χ3n) is 4.78. The number of benzene rings is 1. The summed E-state index contributed by atoms with van der Waals surface area (Å²) < 4.78 is 17.1. The number of hydrogen-bond acceptors (Lipinski definition) is 4. The van der Waals surface area contributed by atoms with Gasteiger partial charge in [-0.3, -0.25) is 0 Å². The minimum atomic E-state index is -0.539. The third kappa shape index (κ3) is 2.37. The van der Waals surface area contributed by atoms with Crippen LogP contribution in [0, 0.1) is 11.8 Å². The molecule has 4 rings (SSSR count). The van der Waals surface area contributed by atoms with Gasteiger partial charge in [0.15, 0.2) is 6.29 Å². The van der Waals surface area contributed by atoms with Crippen molar-refractivity contribution in [3.05, 3.63) is 35.9 Å². The first-order valence-corrected chi connectivity index (χ1v) is 7.42. The average Bonchev–Trinajstić information content (AvgIpc) is 3.24. The minimum Gasteiger partial charge on any atom is -0.388 e. The van der Waals surface area contributed by atoms with Crippen LogP contribution in [-0.4, -0.2) is 36.3 Å². The Kier molecular flexibility index (Phi) is 3.27. The third-order valence-corrected chi connectivity index (χ3v) is 4.78. The molecule has 4 nitrogen and oxygen atoms in total. The molecule has 2 aliphatic heterocycles. The number of epoxide rings is 1. The van der Waals surface area contributed by atoms with Crippen molar-refractivity contribution in [2.45, 2.75) is 44.1 Å². The van der Waals surface area contributed by atoms with Crippen LogP contribution < -0.4 is 0 Å². The van der Waals surface area contributed by atoms with Crippen LogP contribution in [-0.2, 0) is 20.8 Å². The molecular formula is C16H20O4. The number of fused-ring (bicyclic) bond motifs is 2. The van der Waals surface area contributed by atoms with Crippen molar-refractivity contribution in [2.24, 2.45) is 11.8 Å². The van der Waals surface area contributed by atoms with E-state index < -0.39 is 12.4 Å². The summed E-state index contributed by atoms with van der Waals surface area (Å²) in [5, 5.41) is 10.5. The maximum absolute atomic E-state index is 10.5. The molecule has 1 aromatic carbocycles. The van der Waals surface area contributed by atoms with Crippen LogP contribution in [0.5, 0.6) is 0 Å². The normalized spacial score (nSPS) is 42.6. The van der Waals surface area contributed by atoms with Gasteiger partial charge in [0.1, 0.15) is 6.10 Å². The Bertz CT molecular complexity index is 463. The van der Waals surface area contributed by atoms with Crippen LogP contribution in [0.25, 0.3) is 0 Å². The SMILES string of the molecule is O[C@H]1[C@H](OCc2ccccc2)OC[C@H]2C[C@@H]3O[C@@H]3C[C@H]21. The fourth-order valence-electron chi connectivity index (χ4n) is 3.56. The van der Waals surface area contributed by atoms with E-state index in [9.17, 15) is 5.11 Å². The van der Waals surface area contributed by atoms with Crippen molar-refractivity contribution in [1.82, 2.24) is 0 Å². The first-order valence-electron chi connectivity index (χ1n) is 7.42. The molecule has 6 atom stereocenters. The molecule has 3 aliphatic rings. The molecule has 0 amide bonds. The molecule has 1 N–H and O–H groups in total. The Morgan fingerprint density at radius 1 is 1.15 bits per heavy atom. The van der Waals surface area contributed by atoms with E-state index in [0.717, 1.165) is 18.4 Å². The van der Waals surface area contributed by atoms with E-state index in [2.05, 4.69) is 0 Å². The largest absolute Gasteiger partial charge is 0.388 e. The van der Waals surface area contributed by atoms with Crippen molar-refractivity contribution in [3.8, 4) is 0 Å². The Hall–Kier alpha value is -0.940. The first-order chi connectivity index (χ1) is 9.81. The number of aliphatic hydroxyl groups excluding tert-OH is 1. The molecule has 1 aromatic rings. The van der Waals surface area contributed by atoms with E-state index in [1.54, 1.807) is 0 Å². The number of ether oxygens (including phenoxy) is 3. The smallest absolute Gasteiger partial charge is 0.184 e. The van der Waals surface area contributed by atoms with Gasteiger partial charge in [-0.05, 0) is 30.2 Å². The molecule has 0 radical (unpaired) electrons. The molecule has 0 unspecified atom stereocenters. The van der Waals surface area contributed by atoms with Gasteiger partial charge < -0.3 is 19.3 Å². The summed E-state index contributed by atoms with van der Waals surface area (Å²) in [5.41, 5.74) is 1.10. The second-order valence-corrected chi connectivity index (χ2v) is 6.10. The molecule has 1 saturated carbocycles. The predicted molar refractivity (Wildman–Crippen MR) is 71.9 cm³/mol. The molecule has 2 heterocycles. The maximum atomic E-state index is 10.5. The first kappa shape index (κ1) is 12.8. The van der Waals surface area contributed by atoms with E-state index in [1.807, 2.05) is 30.3 Å². The van der Waals surface area contributed by atoms with E-state index in [1.165, 1.54) is 0 Å². The lowest BCUT2D eigenvalue weighted by Crippen LogP contribution is -2.49. The summed E-state index contributed by atoms with van der Waals surface area (Å²) in [4.78, 5) is 0. The van der Waals surface area contributed by atoms with Crippen LogP contribution in [0.15, 0.2) is 30.3 Å². The topological polar surface area (TPSA) is 51.2 Å². The van der Waals surface area contributed by atoms with Gasteiger partial charge in [0.2, 0.25) is 0 Å². The van der Waals surface area contributed by atoms with Gasteiger partial charge in [-0.25, -0.2) is 0 Å². The summed E-state index contributed by atoms with van der Waals surface area (Å²) in [7, 11) is 0. The van der Waals surface area contributed by atoms with Crippen molar-refractivity contribution >= 4 is 0 Å². The Morgan fingerprint density at radius 3 is 2.80 bits per heavy atom. The van der Waals surface area contributed by atoms with Gasteiger partial charge in [-0.15, -0.1) is 0 Å². The molecule has 4 heteroatoms. The van der Waals surface area contributed by atoms with Crippen LogP contribution >= 0.6 is 0 Å². The number of aliphatic hydroxyl groups is 1. The molecule has 2 saturated heterocycles. The Balaban J connectivity index is 1.37. The highest BCUT2D eigenvalue weighted by molar-refractivity contribution is 5.13. The zero-order chi connectivity index (χ0) is 13.5. The van der Waals surface area contributed by atoms with Gasteiger partial charge in [-0.2, -0.15) is 0 Å². The van der Waals surface area contributed by atoms with Crippen LogP contribution in [0.3, 0.4) is 0 Å². The summed E-state index contributed by atoms with van der Waals surface area (Å²) in [6, 6.07) is 9.98. The van der Waals surface area contributed by atoms with E-state index in [4.69, 9.17) is 14.2 Å². The van der Waals surface area contributed by atoms with E-state index in [0.29, 0.717) is 31.3 Å². The predicted octanol–water partition coefficient (Wildman–Crippen LogP) is 1.71. The maximum Gasteiger partial charge on any atom is 0.184 e. The van der Waals surface area contributed by atoms with Gasteiger partial charge in [0.05, 0.1) is 25.4 Å². The van der Waals surface area contributed by atoms with Gasteiger partial charge >= 0.3 is 0 Å². The number of rotatable bonds is 3. The molecule has 0 bridgehead atoms. The van der Waals surface area contributed by atoms with Crippen molar-refractivity contribution in [3.63, 3.8) is 0 Å². The molecule has 1 aliphatic carbocycles. The van der Waals surface area contributed by atoms with E-state index in [-0.39, 0.29) is 5.92 Å². The highest BCUT2D eigenvalue weighted by atomic mass is 16.7. The summed E-state index contributed by atoms with van der Waals surface area (Å²) in [6.45, 7) is 1.15. The lowest BCUT2D eigenvalue weighted by molar-refractivity contribution is -0.254. The monoisotopic (exact) mass is 276 g/mol. The molecule has 108 valence electrons. The van der Waals surface area contributed by atoms with Crippen LogP contribution in [0.4, 0.5) is 0 Å². The average molecular weight is 276 g/mol. The van der Waals surface area contributed by atoms with Gasteiger partial charge in [0, 0.05) is 0 Å². The summed E-state index contributed by atoms with van der Waals surface area (Å²) >= 11 is 0. The molecule has 3 fully saturated rings. The lowest BCUT2D eigenvalue weighted by atomic mass is 9.75. The second kappa shape index (κ2) is 5.11. The fraction of sp³-hybridized carbons (Fsp3) is 0.625. The lowest BCUT2D eigenvalue weighted by Gasteiger charge is -2.41.